The van der Waals surface area contributed by atoms with Gasteiger partial charge in [0, 0.05) is 32.6 Å². The third kappa shape index (κ3) is 3.54. The molecule has 1 saturated heterocycles. The van der Waals surface area contributed by atoms with Gasteiger partial charge in [0.2, 0.25) is 0 Å². The maximum absolute atomic E-state index is 10.2. The maximum Gasteiger partial charge on any atom is 0.129 e. The Bertz CT molecular complexity index is 344. The van der Waals surface area contributed by atoms with E-state index in [4.69, 9.17) is 14.3 Å². The first-order valence-electron chi connectivity index (χ1n) is 5.91. The summed E-state index contributed by atoms with van der Waals surface area (Å²) in [6.07, 6.45) is 1.33. The third-order valence-electron chi connectivity index (χ3n) is 3.05. The fourth-order valence-electron chi connectivity index (χ4n) is 1.95. The van der Waals surface area contributed by atoms with Crippen LogP contribution in [-0.4, -0.2) is 35.6 Å². The molecule has 0 aromatic carbocycles. The summed E-state index contributed by atoms with van der Waals surface area (Å²) in [5.41, 5.74) is -0.662. The van der Waals surface area contributed by atoms with Crippen molar-refractivity contribution in [3.05, 3.63) is 23.7 Å². The molecule has 0 amide bonds. The molecule has 2 rings (SSSR count). The summed E-state index contributed by atoms with van der Waals surface area (Å²) in [5, 5.41) is 22.2. The van der Waals surface area contributed by atoms with E-state index < -0.39 is 5.60 Å². The van der Waals surface area contributed by atoms with E-state index in [2.05, 4.69) is 5.32 Å². The molecule has 1 fully saturated rings. The van der Waals surface area contributed by atoms with E-state index in [1.165, 1.54) is 0 Å². The molecule has 0 bridgehead atoms. The number of hydrogen-bond acceptors (Lipinski definition) is 5. The van der Waals surface area contributed by atoms with Crippen LogP contribution in [0.2, 0.25) is 0 Å². The lowest BCUT2D eigenvalue weighted by atomic mass is 9.94. The number of aliphatic hydroxyl groups excluding tert-OH is 1. The number of hydrogen-bond donors (Lipinski definition) is 3. The highest BCUT2D eigenvalue weighted by Gasteiger charge is 2.29. The summed E-state index contributed by atoms with van der Waals surface area (Å²) in [6.45, 7) is 2.25. The topological polar surface area (TPSA) is 74.9 Å². The molecule has 0 unspecified atom stereocenters. The summed E-state index contributed by atoms with van der Waals surface area (Å²) in [7, 11) is 0. The summed E-state index contributed by atoms with van der Waals surface area (Å²) < 4.78 is 10.5. The minimum atomic E-state index is -0.662. The molecule has 0 radical (unpaired) electrons. The molecule has 0 saturated carbocycles. The molecule has 5 nitrogen and oxygen atoms in total. The minimum absolute atomic E-state index is 0.0821. The Morgan fingerprint density at radius 1 is 1.24 bits per heavy atom. The largest absolute Gasteiger partial charge is 0.462 e. The summed E-state index contributed by atoms with van der Waals surface area (Å²) >= 11 is 0. The van der Waals surface area contributed by atoms with Crippen LogP contribution in [0.4, 0.5) is 0 Å². The molecule has 5 heteroatoms. The van der Waals surface area contributed by atoms with Crippen LogP contribution < -0.4 is 5.32 Å². The molecule has 0 aliphatic carbocycles. The van der Waals surface area contributed by atoms with Gasteiger partial charge in [0.15, 0.2) is 0 Å². The molecular formula is C12H19NO4. The number of rotatable bonds is 5. The van der Waals surface area contributed by atoms with Gasteiger partial charge in [0.25, 0.3) is 0 Å². The van der Waals surface area contributed by atoms with E-state index >= 15 is 0 Å². The van der Waals surface area contributed by atoms with Crippen molar-refractivity contribution in [2.75, 3.05) is 19.8 Å². The van der Waals surface area contributed by atoms with Gasteiger partial charge in [0.1, 0.15) is 18.1 Å². The second kappa shape index (κ2) is 5.64. The average Bonchev–Trinajstić information content (AvgIpc) is 2.78. The summed E-state index contributed by atoms with van der Waals surface area (Å²) in [6, 6.07) is 3.58. The van der Waals surface area contributed by atoms with Gasteiger partial charge < -0.3 is 24.7 Å². The van der Waals surface area contributed by atoms with Gasteiger partial charge in [-0.1, -0.05) is 0 Å². The quantitative estimate of drug-likeness (QED) is 0.696. The Hall–Kier alpha value is -0.880. The molecule has 1 aliphatic rings. The van der Waals surface area contributed by atoms with Gasteiger partial charge in [-0.3, -0.25) is 0 Å². The molecule has 1 aliphatic heterocycles. The van der Waals surface area contributed by atoms with Crippen molar-refractivity contribution in [1.82, 2.24) is 5.32 Å². The first kappa shape index (κ1) is 12.6. The van der Waals surface area contributed by atoms with Crippen molar-refractivity contribution in [2.24, 2.45) is 0 Å². The molecule has 1 aromatic rings. The van der Waals surface area contributed by atoms with Crippen LogP contribution in [-0.2, 0) is 17.9 Å². The highest BCUT2D eigenvalue weighted by molar-refractivity contribution is 5.06. The van der Waals surface area contributed by atoms with E-state index in [0.717, 1.165) is 5.76 Å². The molecule has 0 spiro atoms. The zero-order valence-corrected chi connectivity index (χ0v) is 9.82. The zero-order chi connectivity index (χ0) is 12.1. The lowest BCUT2D eigenvalue weighted by Crippen LogP contribution is -2.44. The molecule has 1 aromatic heterocycles. The lowest BCUT2D eigenvalue weighted by molar-refractivity contribution is -0.0618. The Labute approximate surface area is 100 Å². The summed E-state index contributed by atoms with van der Waals surface area (Å²) in [4.78, 5) is 0. The van der Waals surface area contributed by atoms with Gasteiger partial charge in [-0.15, -0.1) is 0 Å². The van der Waals surface area contributed by atoms with Gasteiger partial charge in [0.05, 0.1) is 12.1 Å². The normalized spacial score (nSPS) is 19.4. The van der Waals surface area contributed by atoms with Crippen molar-refractivity contribution < 1.29 is 19.4 Å². The van der Waals surface area contributed by atoms with Gasteiger partial charge in [-0.25, -0.2) is 0 Å². The van der Waals surface area contributed by atoms with Gasteiger partial charge >= 0.3 is 0 Å². The van der Waals surface area contributed by atoms with Gasteiger partial charge in [-0.05, 0) is 12.1 Å². The summed E-state index contributed by atoms with van der Waals surface area (Å²) in [5.74, 6) is 1.33. The number of furan rings is 1. The second-order valence-electron chi connectivity index (χ2n) is 4.47. The first-order valence-corrected chi connectivity index (χ1v) is 5.91. The molecular weight excluding hydrogens is 222 g/mol. The molecule has 3 N–H and O–H groups in total. The Kier molecular flexibility index (Phi) is 4.17. The van der Waals surface area contributed by atoms with Crippen molar-refractivity contribution in [1.29, 1.82) is 0 Å². The SMILES string of the molecule is OCc1ccc(CNCC2(O)CCOCC2)o1. The molecule has 96 valence electrons. The minimum Gasteiger partial charge on any atom is -0.462 e. The van der Waals surface area contributed by atoms with E-state index in [1.54, 1.807) is 6.07 Å². The standard InChI is InChI=1S/C12H19NO4/c14-8-11-2-1-10(17-11)7-13-9-12(15)3-5-16-6-4-12/h1-2,13-15H,3-9H2. The second-order valence-corrected chi connectivity index (χ2v) is 4.47. The molecule has 0 atom stereocenters. The van der Waals surface area contributed by atoms with Crippen molar-refractivity contribution in [2.45, 2.75) is 31.6 Å². The van der Waals surface area contributed by atoms with E-state index in [-0.39, 0.29) is 6.61 Å². The predicted octanol–water partition coefficient (Wildman–Crippen LogP) is 0.403. The van der Waals surface area contributed by atoms with Crippen molar-refractivity contribution in [3.8, 4) is 0 Å². The van der Waals surface area contributed by atoms with E-state index in [1.807, 2.05) is 6.07 Å². The fraction of sp³-hybridized carbons (Fsp3) is 0.667. The van der Waals surface area contributed by atoms with Crippen molar-refractivity contribution in [3.63, 3.8) is 0 Å². The van der Waals surface area contributed by atoms with Gasteiger partial charge in [-0.2, -0.15) is 0 Å². The molecule has 2 heterocycles. The Balaban J connectivity index is 1.74. The van der Waals surface area contributed by atoms with Crippen LogP contribution in [0.5, 0.6) is 0 Å². The average molecular weight is 241 g/mol. The van der Waals surface area contributed by atoms with Crippen molar-refractivity contribution >= 4 is 0 Å². The predicted molar refractivity (Wildman–Crippen MR) is 61.3 cm³/mol. The Morgan fingerprint density at radius 2 is 1.94 bits per heavy atom. The van der Waals surface area contributed by atoms with Crippen LogP contribution in [0.25, 0.3) is 0 Å². The highest BCUT2D eigenvalue weighted by Crippen LogP contribution is 2.19. The smallest absolute Gasteiger partial charge is 0.129 e. The third-order valence-corrected chi connectivity index (χ3v) is 3.05. The van der Waals surface area contributed by atoms with Crippen LogP contribution in [0.1, 0.15) is 24.4 Å². The highest BCUT2D eigenvalue weighted by atomic mass is 16.5. The van der Waals surface area contributed by atoms with E-state index in [9.17, 15) is 5.11 Å². The maximum atomic E-state index is 10.2. The first-order chi connectivity index (χ1) is 8.22. The zero-order valence-electron chi connectivity index (χ0n) is 9.82. The van der Waals surface area contributed by atoms with Crippen LogP contribution in [0.15, 0.2) is 16.5 Å². The number of ether oxygens (including phenoxy) is 1. The monoisotopic (exact) mass is 241 g/mol. The van der Waals surface area contributed by atoms with Crippen LogP contribution in [0, 0.1) is 0 Å². The van der Waals surface area contributed by atoms with Crippen LogP contribution in [0.3, 0.4) is 0 Å². The number of aliphatic hydroxyl groups is 2. The fourth-order valence-corrected chi connectivity index (χ4v) is 1.95. The number of nitrogens with one attached hydrogen (secondary N) is 1. The molecule has 17 heavy (non-hydrogen) atoms. The van der Waals surface area contributed by atoms with Crippen LogP contribution >= 0.6 is 0 Å². The lowest BCUT2D eigenvalue weighted by Gasteiger charge is -2.32. The van der Waals surface area contributed by atoms with E-state index in [0.29, 0.717) is 44.9 Å². The Morgan fingerprint density at radius 3 is 2.59 bits per heavy atom.